The second kappa shape index (κ2) is 9.25. The number of carbonyl (C=O) groups is 2. The van der Waals surface area contributed by atoms with Crippen LogP contribution in [0.5, 0.6) is 5.75 Å². The number of ether oxygens (including phenoxy) is 2. The maximum Gasteiger partial charge on any atom is 0.344 e. The monoisotopic (exact) mass is 375 g/mol. The standard InChI is InChI=1S/C20H22ClNO4/c1-13-7-8-18(14(2)9-13)25-12-20(24)26-11-19(23)22-15(3)16-5-4-6-17(21)10-16/h4-10,15H,11-12H2,1-3H3,(H,22,23)/t15-/m0/s1. The largest absolute Gasteiger partial charge is 0.482 e. The lowest BCUT2D eigenvalue weighted by atomic mass is 10.1. The van der Waals surface area contributed by atoms with Crippen molar-refractivity contribution >= 4 is 23.5 Å². The zero-order valence-electron chi connectivity index (χ0n) is 15.0. The predicted octanol–water partition coefficient (Wildman–Crippen LogP) is 3.76. The molecule has 1 atom stereocenters. The molecule has 6 heteroatoms. The maximum atomic E-state index is 11.9. The van der Waals surface area contributed by atoms with Crippen molar-refractivity contribution in [3.8, 4) is 5.75 Å². The summed E-state index contributed by atoms with van der Waals surface area (Å²) >= 11 is 5.94. The molecule has 0 spiro atoms. The minimum Gasteiger partial charge on any atom is -0.482 e. The Balaban J connectivity index is 1.75. The Labute approximate surface area is 158 Å². The molecular formula is C20H22ClNO4. The van der Waals surface area contributed by atoms with Crippen molar-refractivity contribution in [1.29, 1.82) is 0 Å². The van der Waals surface area contributed by atoms with Gasteiger partial charge in [-0.05, 0) is 50.1 Å². The molecule has 0 heterocycles. The van der Waals surface area contributed by atoms with E-state index in [1.54, 1.807) is 18.2 Å². The van der Waals surface area contributed by atoms with Gasteiger partial charge < -0.3 is 14.8 Å². The van der Waals surface area contributed by atoms with E-state index in [2.05, 4.69) is 5.32 Å². The molecule has 5 nitrogen and oxygen atoms in total. The van der Waals surface area contributed by atoms with Crippen LogP contribution in [0, 0.1) is 13.8 Å². The van der Waals surface area contributed by atoms with Crippen LogP contribution in [0.4, 0.5) is 0 Å². The third-order valence-electron chi connectivity index (χ3n) is 3.77. The van der Waals surface area contributed by atoms with Crippen molar-refractivity contribution in [2.75, 3.05) is 13.2 Å². The summed E-state index contributed by atoms with van der Waals surface area (Å²) in [6, 6.07) is 12.6. The number of benzene rings is 2. The Morgan fingerprint density at radius 1 is 1.12 bits per heavy atom. The number of amides is 1. The van der Waals surface area contributed by atoms with Gasteiger partial charge in [0.15, 0.2) is 13.2 Å². The number of aryl methyl sites for hydroxylation is 2. The first kappa shape index (κ1) is 19.8. The highest BCUT2D eigenvalue weighted by Gasteiger charge is 2.13. The molecule has 2 aromatic rings. The second-order valence-electron chi connectivity index (χ2n) is 6.06. The molecule has 0 saturated carbocycles. The van der Waals surface area contributed by atoms with E-state index in [9.17, 15) is 9.59 Å². The van der Waals surface area contributed by atoms with E-state index in [1.165, 1.54) is 0 Å². The average Bonchev–Trinajstić information content (AvgIpc) is 2.59. The van der Waals surface area contributed by atoms with Crippen LogP contribution in [0.3, 0.4) is 0 Å². The SMILES string of the molecule is Cc1ccc(OCC(=O)OCC(=O)N[C@@H](C)c2cccc(Cl)c2)c(C)c1. The normalized spacial score (nSPS) is 11.5. The van der Waals surface area contributed by atoms with E-state index >= 15 is 0 Å². The number of hydrogen-bond donors (Lipinski definition) is 1. The second-order valence-corrected chi connectivity index (χ2v) is 6.50. The van der Waals surface area contributed by atoms with Gasteiger partial charge in [-0.1, -0.05) is 41.4 Å². The molecule has 2 aromatic carbocycles. The number of hydrogen-bond acceptors (Lipinski definition) is 4. The molecule has 138 valence electrons. The summed E-state index contributed by atoms with van der Waals surface area (Å²) in [5, 5.41) is 3.35. The summed E-state index contributed by atoms with van der Waals surface area (Å²) in [6.07, 6.45) is 0. The molecule has 2 rings (SSSR count). The van der Waals surface area contributed by atoms with E-state index in [-0.39, 0.29) is 19.3 Å². The zero-order valence-corrected chi connectivity index (χ0v) is 15.8. The molecule has 0 fully saturated rings. The molecule has 0 aromatic heterocycles. The molecule has 0 aliphatic rings. The first-order valence-corrected chi connectivity index (χ1v) is 8.63. The van der Waals surface area contributed by atoms with Crippen molar-refractivity contribution in [2.45, 2.75) is 26.8 Å². The van der Waals surface area contributed by atoms with Crippen LogP contribution >= 0.6 is 11.6 Å². The van der Waals surface area contributed by atoms with E-state index in [0.717, 1.165) is 16.7 Å². The third kappa shape index (κ3) is 6.08. The molecular weight excluding hydrogens is 354 g/mol. The van der Waals surface area contributed by atoms with Gasteiger partial charge in [0.1, 0.15) is 5.75 Å². The molecule has 0 saturated heterocycles. The fourth-order valence-electron chi connectivity index (χ4n) is 2.43. The first-order chi connectivity index (χ1) is 12.3. The highest BCUT2D eigenvalue weighted by Crippen LogP contribution is 2.19. The van der Waals surface area contributed by atoms with Gasteiger partial charge >= 0.3 is 5.97 Å². The Kier molecular flexibility index (Phi) is 7.04. The molecule has 1 amide bonds. The Bertz CT molecular complexity index is 791. The summed E-state index contributed by atoms with van der Waals surface area (Å²) in [6.45, 7) is 5.10. The van der Waals surface area contributed by atoms with Gasteiger partial charge in [0, 0.05) is 5.02 Å². The Morgan fingerprint density at radius 3 is 2.58 bits per heavy atom. The first-order valence-electron chi connectivity index (χ1n) is 8.25. The zero-order chi connectivity index (χ0) is 19.1. The van der Waals surface area contributed by atoms with Crippen LogP contribution in [0.2, 0.25) is 5.02 Å². The van der Waals surface area contributed by atoms with Crippen molar-refractivity contribution in [1.82, 2.24) is 5.32 Å². The van der Waals surface area contributed by atoms with Gasteiger partial charge in [0.05, 0.1) is 6.04 Å². The van der Waals surface area contributed by atoms with Crippen molar-refractivity contribution in [2.24, 2.45) is 0 Å². The summed E-state index contributed by atoms with van der Waals surface area (Å²) < 4.78 is 10.4. The van der Waals surface area contributed by atoms with Crippen molar-refractivity contribution in [3.05, 3.63) is 64.2 Å². The minimum atomic E-state index is -0.601. The van der Waals surface area contributed by atoms with Gasteiger partial charge in [0.2, 0.25) is 0 Å². The van der Waals surface area contributed by atoms with Gasteiger partial charge in [-0.2, -0.15) is 0 Å². The number of halogens is 1. The fourth-order valence-corrected chi connectivity index (χ4v) is 2.63. The van der Waals surface area contributed by atoms with Gasteiger partial charge in [-0.3, -0.25) is 4.79 Å². The molecule has 26 heavy (non-hydrogen) atoms. The summed E-state index contributed by atoms with van der Waals surface area (Å²) in [4.78, 5) is 23.7. The van der Waals surface area contributed by atoms with Crippen molar-refractivity contribution in [3.63, 3.8) is 0 Å². The number of rotatable bonds is 7. The van der Waals surface area contributed by atoms with E-state index in [1.807, 2.05) is 45.0 Å². The highest BCUT2D eigenvalue weighted by molar-refractivity contribution is 6.30. The fraction of sp³-hybridized carbons (Fsp3) is 0.300. The van der Waals surface area contributed by atoms with Crippen LogP contribution in [0.15, 0.2) is 42.5 Å². The third-order valence-corrected chi connectivity index (χ3v) is 4.00. The smallest absolute Gasteiger partial charge is 0.344 e. The van der Waals surface area contributed by atoms with Gasteiger partial charge in [-0.15, -0.1) is 0 Å². The van der Waals surface area contributed by atoms with Crippen LogP contribution in [-0.2, 0) is 14.3 Å². The minimum absolute atomic E-state index is 0.244. The van der Waals surface area contributed by atoms with Gasteiger partial charge in [-0.25, -0.2) is 4.79 Å². The molecule has 0 unspecified atom stereocenters. The quantitative estimate of drug-likeness (QED) is 0.748. The lowest BCUT2D eigenvalue weighted by Gasteiger charge is -2.15. The van der Waals surface area contributed by atoms with Crippen LogP contribution < -0.4 is 10.1 Å². The van der Waals surface area contributed by atoms with Crippen molar-refractivity contribution < 1.29 is 19.1 Å². The number of carbonyl (C=O) groups excluding carboxylic acids is 2. The molecule has 0 aliphatic carbocycles. The topological polar surface area (TPSA) is 64.6 Å². The van der Waals surface area contributed by atoms with Crippen LogP contribution in [0.1, 0.15) is 29.7 Å². The van der Waals surface area contributed by atoms with E-state index in [4.69, 9.17) is 21.1 Å². The molecule has 0 bridgehead atoms. The van der Waals surface area contributed by atoms with Gasteiger partial charge in [0.25, 0.3) is 5.91 Å². The predicted molar refractivity (Wildman–Crippen MR) is 100 cm³/mol. The van der Waals surface area contributed by atoms with Crippen LogP contribution in [0.25, 0.3) is 0 Å². The average molecular weight is 376 g/mol. The highest BCUT2D eigenvalue weighted by atomic mass is 35.5. The summed E-state index contributed by atoms with van der Waals surface area (Å²) in [5.74, 6) is -0.376. The Hall–Kier alpha value is -2.53. The molecule has 0 radical (unpaired) electrons. The summed E-state index contributed by atoms with van der Waals surface area (Å²) in [5.41, 5.74) is 2.92. The maximum absolute atomic E-state index is 11.9. The lowest BCUT2D eigenvalue weighted by Crippen LogP contribution is -2.32. The lowest BCUT2D eigenvalue weighted by molar-refractivity contribution is -0.150. The van der Waals surface area contributed by atoms with Crippen LogP contribution in [-0.4, -0.2) is 25.1 Å². The Morgan fingerprint density at radius 2 is 1.88 bits per heavy atom. The van der Waals surface area contributed by atoms with E-state index in [0.29, 0.717) is 10.8 Å². The molecule has 1 N–H and O–H groups in total. The van der Waals surface area contributed by atoms with E-state index < -0.39 is 11.9 Å². The molecule has 0 aliphatic heterocycles. The number of esters is 1. The summed E-state index contributed by atoms with van der Waals surface area (Å²) in [7, 11) is 0. The number of nitrogens with one attached hydrogen (secondary N) is 1.